The second-order valence-electron chi connectivity index (χ2n) is 3.50. The van der Waals surface area contributed by atoms with E-state index >= 15 is 0 Å². The van der Waals surface area contributed by atoms with Gasteiger partial charge >= 0.3 is 0 Å². The number of ketones is 1. The minimum absolute atomic E-state index is 0.0459. The van der Waals surface area contributed by atoms with Crippen LogP contribution in [-0.4, -0.2) is 15.6 Å². The maximum atomic E-state index is 11.3. The topological polar surface area (TPSA) is 34.9 Å². The molecule has 4 heteroatoms. The highest BCUT2D eigenvalue weighted by molar-refractivity contribution is 7.15. The van der Waals surface area contributed by atoms with Crippen LogP contribution < -0.4 is 0 Å². The molecule has 0 spiro atoms. The summed E-state index contributed by atoms with van der Waals surface area (Å²) < 4.78 is 1.63. The number of aryl methyl sites for hydroxylation is 2. The number of Topliss-reactive ketones (excluding diaryl/α,β-unsaturated/α-hetero) is 1. The molecule has 0 radical (unpaired) electrons. The quantitative estimate of drug-likeness (QED) is 0.729. The normalized spacial score (nSPS) is 10.6. The molecule has 0 aliphatic rings. The fourth-order valence-corrected chi connectivity index (χ4v) is 2.31. The number of hydrogen-bond acceptors (Lipinski definition) is 3. The molecule has 0 saturated carbocycles. The first-order valence-corrected chi connectivity index (χ1v) is 5.51. The van der Waals surface area contributed by atoms with Crippen LogP contribution in [0.15, 0.2) is 18.2 Å². The smallest absolute Gasteiger partial charge is 0.177 e. The molecule has 2 aromatic heterocycles. The third kappa shape index (κ3) is 1.85. The van der Waals surface area contributed by atoms with Crippen molar-refractivity contribution in [3.05, 3.63) is 28.8 Å². The third-order valence-corrected chi connectivity index (χ3v) is 3.26. The van der Waals surface area contributed by atoms with Crippen LogP contribution in [-0.2, 0) is 7.05 Å². The fourth-order valence-electron chi connectivity index (χ4n) is 1.49. The summed E-state index contributed by atoms with van der Waals surface area (Å²) in [5, 5.41) is 4.32. The zero-order chi connectivity index (χ0) is 11.0. The molecule has 0 bridgehead atoms. The standard InChI is InChI=1S/C11H12N2OS/c1-7-4-5-11(15-7)9-6-10(8(2)14)13(3)12-9/h4-6H,1-3H3. The van der Waals surface area contributed by atoms with Crippen molar-refractivity contribution < 1.29 is 4.79 Å². The van der Waals surface area contributed by atoms with Crippen molar-refractivity contribution in [2.75, 3.05) is 0 Å². The van der Waals surface area contributed by atoms with Gasteiger partial charge in [-0.05, 0) is 25.1 Å². The molecule has 0 aromatic carbocycles. The Morgan fingerprint density at radius 2 is 2.20 bits per heavy atom. The van der Waals surface area contributed by atoms with Crippen molar-refractivity contribution in [1.82, 2.24) is 9.78 Å². The third-order valence-electron chi connectivity index (χ3n) is 2.23. The number of carbonyl (C=O) groups excluding carboxylic acids is 1. The molecule has 0 aliphatic heterocycles. The predicted octanol–water partition coefficient (Wildman–Crippen LogP) is 2.66. The van der Waals surface area contributed by atoms with Gasteiger partial charge in [0.1, 0.15) is 11.4 Å². The van der Waals surface area contributed by atoms with Crippen molar-refractivity contribution in [3.8, 4) is 10.6 Å². The Balaban J connectivity index is 2.46. The second kappa shape index (κ2) is 3.62. The number of thiophene rings is 1. The lowest BCUT2D eigenvalue weighted by Gasteiger charge is -1.92. The van der Waals surface area contributed by atoms with E-state index in [1.807, 2.05) is 12.1 Å². The zero-order valence-corrected chi connectivity index (χ0v) is 9.76. The Hall–Kier alpha value is -1.42. The highest BCUT2D eigenvalue weighted by Crippen LogP contribution is 2.26. The maximum absolute atomic E-state index is 11.3. The minimum Gasteiger partial charge on any atom is -0.293 e. The van der Waals surface area contributed by atoms with Crippen LogP contribution in [0, 0.1) is 6.92 Å². The van der Waals surface area contributed by atoms with Crippen LogP contribution in [0.3, 0.4) is 0 Å². The van der Waals surface area contributed by atoms with Crippen molar-refractivity contribution >= 4 is 17.1 Å². The van der Waals surface area contributed by atoms with Crippen molar-refractivity contribution in [2.45, 2.75) is 13.8 Å². The van der Waals surface area contributed by atoms with Gasteiger partial charge in [0, 0.05) is 18.8 Å². The SMILES string of the molecule is CC(=O)c1cc(-c2ccc(C)s2)nn1C. The molecule has 0 fully saturated rings. The summed E-state index contributed by atoms with van der Waals surface area (Å²) in [5.41, 5.74) is 1.52. The van der Waals surface area contributed by atoms with Crippen LogP contribution in [0.4, 0.5) is 0 Å². The van der Waals surface area contributed by atoms with Gasteiger partial charge in [0.05, 0.1) is 4.88 Å². The molecule has 15 heavy (non-hydrogen) atoms. The lowest BCUT2D eigenvalue weighted by molar-refractivity contribution is 0.100. The lowest BCUT2D eigenvalue weighted by atomic mass is 10.2. The number of hydrogen-bond donors (Lipinski definition) is 0. The van der Waals surface area contributed by atoms with Gasteiger partial charge in [-0.15, -0.1) is 11.3 Å². The monoisotopic (exact) mass is 220 g/mol. The van der Waals surface area contributed by atoms with E-state index in [-0.39, 0.29) is 5.78 Å². The Morgan fingerprint density at radius 3 is 2.67 bits per heavy atom. The van der Waals surface area contributed by atoms with Crippen molar-refractivity contribution in [2.24, 2.45) is 7.05 Å². The van der Waals surface area contributed by atoms with Gasteiger partial charge in [0.25, 0.3) is 0 Å². The largest absolute Gasteiger partial charge is 0.293 e. The first-order chi connectivity index (χ1) is 7.08. The molecule has 78 valence electrons. The van der Waals surface area contributed by atoms with Gasteiger partial charge in [-0.3, -0.25) is 9.48 Å². The van der Waals surface area contributed by atoms with Gasteiger partial charge in [-0.2, -0.15) is 5.10 Å². The first-order valence-electron chi connectivity index (χ1n) is 4.69. The summed E-state index contributed by atoms with van der Waals surface area (Å²) in [7, 11) is 1.79. The van der Waals surface area contributed by atoms with E-state index in [0.717, 1.165) is 10.6 Å². The Labute approximate surface area is 92.4 Å². The van der Waals surface area contributed by atoms with E-state index in [4.69, 9.17) is 0 Å². The molecule has 0 aliphatic carbocycles. The average molecular weight is 220 g/mol. The van der Waals surface area contributed by atoms with E-state index in [1.54, 1.807) is 30.0 Å². The Kier molecular flexibility index (Phi) is 2.44. The van der Waals surface area contributed by atoms with Crippen LogP contribution in [0.25, 0.3) is 10.6 Å². The number of nitrogens with zero attached hydrogens (tertiary/aromatic N) is 2. The summed E-state index contributed by atoms with van der Waals surface area (Å²) >= 11 is 1.69. The summed E-state index contributed by atoms with van der Waals surface area (Å²) in [6, 6.07) is 5.93. The molecule has 0 N–H and O–H groups in total. The highest BCUT2D eigenvalue weighted by Gasteiger charge is 2.11. The van der Waals surface area contributed by atoms with Crippen LogP contribution in [0.2, 0.25) is 0 Å². The molecule has 0 amide bonds. The summed E-state index contributed by atoms with van der Waals surface area (Å²) in [5.74, 6) is 0.0459. The van der Waals surface area contributed by atoms with E-state index in [2.05, 4.69) is 18.1 Å². The first kappa shape index (κ1) is 10.1. The second-order valence-corrected chi connectivity index (χ2v) is 4.79. The molecule has 0 saturated heterocycles. The lowest BCUT2D eigenvalue weighted by Crippen LogP contribution is -2.02. The molecule has 2 heterocycles. The van der Waals surface area contributed by atoms with Gasteiger partial charge in [0.2, 0.25) is 0 Å². The minimum atomic E-state index is 0.0459. The van der Waals surface area contributed by atoms with Gasteiger partial charge < -0.3 is 0 Å². The average Bonchev–Trinajstić information content (AvgIpc) is 2.71. The van der Waals surface area contributed by atoms with E-state index in [1.165, 1.54) is 4.88 Å². The van der Waals surface area contributed by atoms with E-state index < -0.39 is 0 Å². The molecule has 0 atom stereocenters. The van der Waals surface area contributed by atoms with Crippen LogP contribution in [0.1, 0.15) is 22.3 Å². The summed E-state index contributed by atoms with van der Waals surface area (Å²) in [6.07, 6.45) is 0. The van der Waals surface area contributed by atoms with Gasteiger partial charge in [-0.1, -0.05) is 0 Å². The molecule has 0 unspecified atom stereocenters. The fraction of sp³-hybridized carbons (Fsp3) is 0.273. The number of carbonyl (C=O) groups is 1. The number of aromatic nitrogens is 2. The molecular weight excluding hydrogens is 208 g/mol. The van der Waals surface area contributed by atoms with E-state index in [0.29, 0.717) is 5.69 Å². The predicted molar refractivity (Wildman–Crippen MR) is 61.3 cm³/mol. The Bertz CT molecular complexity index is 510. The van der Waals surface area contributed by atoms with Crippen LogP contribution >= 0.6 is 11.3 Å². The maximum Gasteiger partial charge on any atom is 0.177 e. The van der Waals surface area contributed by atoms with Crippen molar-refractivity contribution in [1.29, 1.82) is 0 Å². The van der Waals surface area contributed by atoms with Gasteiger partial charge in [-0.25, -0.2) is 0 Å². The van der Waals surface area contributed by atoms with E-state index in [9.17, 15) is 4.79 Å². The molecule has 2 rings (SSSR count). The van der Waals surface area contributed by atoms with Crippen molar-refractivity contribution in [3.63, 3.8) is 0 Å². The highest BCUT2D eigenvalue weighted by atomic mass is 32.1. The van der Waals surface area contributed by atoms with Crippen LogP contribution in [0.5, 0.6) is 0 Å². The summed E-state index contributed by atoms with van der Waals surface area (Å²) in [6.45, 7) is 3.61. The van der Waals surface area contributed by atoms with Gasteiger partial charge in [0.15, 0.2) is 5.78 Å². The molecular formula is C11H12N2OS. The zero-order valence-electron chi connectivity index (χ0n) is 8.94. The molecule has 2 aromatic rings. The summed E-state index contributed by atoms with van der Waals surface area (Å²) in [4.78, 5) is 13.6. The Morgan fingerprint density at radius 1 is 1.47 bits per heavy atom. The number of rotatable bonds is 2. The molecule has 3 nitrogen and oxygen atoms in total.